The van der Waals surface area contributed by atoms with Crippen molar-refractivity contribution < 1.29 is 4.79 Å². The summed E-state index contributed by atoms with van der Waals surface area (Å²) in [4.78, 5) is 15.8. The van der Waals surface area contributed by atoms with Gasteiger partial charge >= 0.3 is 6.03 Å². The molecule has 0 bridgehead atoms. The summed E-state index contributed by atoms with van der Waals surface area (Å²) in [5.74, 6) is 0.285. The van der Waals surface area contributed by atoms with E-state index in [1.54, 1.807) is 22.5 Å². The molecule has 0 aliphatic carbocycles. The van der Waals surface area contributed by atoms with Crippen molar-refractivity contribution in [3.05, 3.63) is 22.8 Å². The standard InChI is InChI=1S/C11H14BrN5OS/c1-7(19-2)5-13-11(18)15-10-14-9-4-3-8(12)6-17(9)16-10/h3-4,6-7H,5H2,1-2H3,(H2,13,15,16,18)/t7-/m0/s1. The maximum Gasteiger partial charge on any atom is 0.321 e. The molecule has 2 N–H and O–H groups in total. The molecule has 6 nitrogen and oxygen atoms in total. The number of nitrogens with zero attached hydrogens (tertiary/aromatic N) is 3. The fourth-order valence-corrected chi connectivity index (χ4v) is 1.95. The molecule has 19 heavy (non-hydrogen) atoms. The van der Waals surface area contributed by atoms with Gasteiger partial charge in [0.15, 0.2) is 5.65 Å². The molecule has 2 rings (SSSR count). The van der Waals surface area contributed by atoms with Crippen molar-refractivity contribution in [1.82, 2.24) is 19.9 Å². The fourth-order valence-electron chi connectivity index (χ4n) is 1.38. The highest BCUT2D eigenvalue weighted by atomic mass is 79.9. The molecule has 0 saturated heterocycles. The van der Waals surface area contributed by atoms with E-state index in [9.17, 15) is 4.79 Å². The van der Waals surface area contributed by atoms with Gasteiger partial charge < -0.3 is 5.32 Å². The lowest BCUT2D eigenvalue weighted by atomic mass is 10.5. The third-order valence-electron chi connectivity index (χ3n) is 2.47. The lowest BCUT2D eigenvalue weighted by molar-refractivity contribution is 0.252. The average Bonchev–Trinajstić information content (AvgIpc) is 2.77. The molecule has 0 saturated carbocycles. The molecule has 2 amide bonds. The number of rotatable bonds is 4. The maximum atomic E-state index is 11.6. The first-order chi connectivity index (χ1) is 9.08. The van der Waals surface area contributed by atoms with Gasteiger partial charge in [-0.2, -0.15) is 16.7 Å². The molecule has 0 aliphatic rings. The topological polar surface area (TPSA) is 71.3 Å². The second kappa shape index (κ2) is 6.25. The Morgan fingerprint density at radius 2 is 2.37 bits per heavy atom. The van der Waals surface area contributed by atoms with E-state index in [1.807, 2.05) is 25.3 Å². The Morgan fingerprint density at radius 1 is 1.58 bits per heavy atom. The number of nitrogens with one attached hydrogen (secondary N) is 2. The first-order valence-corrected chi connectivity index (χ1v) is 7.76. The van der Waals surface area contributed by atoms with Gasteiger partial charge in [-0.1, -0.05) is 6.92 Å². The van der Waals surface area contributed by atoms with Crippen molar-refractivity contribution >= 4 is 45.3 Å². The summed E-state index contributed by atoms with van der Waals surface area (Å²) >= 11 is 5.05. The number of thioether (sulfide) groups is 1. The van der Waals surface area contributed by atoms with E-state index in [0.717, 1.165) is 4.47 Å². The first kappa shape index (κ1) is 14.1. The van der Waals surface area contributed by atoms with Crippen molar-refractivity contribution in [1.29, 1.82) is 0 Å². The van der Waals surface area contributed by atoms with Crippen LogP contribution >= 0.6 is 27.7 Å². The predicted molar refractivity (Wildman–Crippen MR) is 80.7 cm³/mol. The molecule has 8 heteroatoms. The molecule has 0 spiro atoms. The summed E-state index contributed by atoms with van der Waals surface area (Å²) in [5, 5.41) is 9.91. The molecule has 2 aromatic heterocycles. The molecule has 102 valence electrons. The third kappa shape index (κ3) is 3.84. The number of carbonyl (C=O) groups is 1. The molecule has 0 unspecified atom stereocenters. The van der Waals surface area contributed by atoms with Gasteiger partial charge in [0.1, 0.15) is 0 Å². The van der Waals surface area contributed by atoms with Gasteiger partial charge in [0.25, 0.3) is 5.95 Å². The molecule has 0 aromatic carbocycles. The van der Waals surface area contributed by atoms with Gasteiger partial charge in [0.05, 0.1) is 0 Å². The number of pyridine rings is 1. The van der Waals surface area contributed by atoms with Crippen molar-refractivity contribution in [3.63, 3.8) is 0 Å². The van der Waals surface area contributed by atoms with E-state index in [0.29, 0.717) is 17.4 Å². The van der Waals surface area contributed by atoms with Crippen LogP contribution in [-0.2, 0) is 0 Å². The Hall–Kier alpha value is -1.28. The van der Waals surface area contributed by atoms with Gasteiger partial charge in [-0.3, -0.25) is 5.32 Å². The molecule has 2 heterocycles. The van der Waals surface area contributed by atoms with Crippen molar-refractivity contribution in [2.75, 3.05) is 18.1 Å². The molecule has 2 aromatic rings. The Balaban J connectivity index is 1.99. The molecular weight excluding hydrogens is 330 g/mol. The Labute approximate surface area is 123 Å². The van der Waals surface area contributed by atoms with E-state index < -0.39 is 0 Å². The van der Waals surface area contributed by atoms with E-state index in [4.69, 9.17) is 0 Å². The van der Waals surface area contributed by atoms with Gasteiger partial charge in [-0.15, -0.1) is 5.10 Å². The van der Waals surface area contributed by atoms with Crippen LogP contribution < -0.4 is 10.6 Å². The second-order valence-corrected chi connectivity index (χ2v) is 6.16. The summed E-state index contributed by atoms with van der Waals surface area (Å²) in [6.07, 6.45) is 3.78. The normalized spacial score (nSPS) is 12.4. The fraction of sp³-hybridized carbons (Fsp3) is 0.364. The van der Waals surface area contributed by atoms with Crippen LogP contribution in [0.15, 0.2) is 22.8 Å². The minimum Gasteiger partial charge on any atom is -0.337 e. The third-order valence-corrected chi connectivity index (χ3v) is 3.91. The zero-order valence-electron chi connectivity index (χ0n) is 10.6. The zero-order valence-corrected chi connectivity index (χ0v) is 13.0. The number of hydrogen-bond acceptors (Lipinski definition) is 4. The van der Waals surface area contributed by atoms with E-state index in [1.165, 1.54) is 0 Å². The molecule has 0 aliphatic heterocycles. The quantitative estimate of drug-likeness (QED) is 0.893. The largest absolute Gasteiger partial charge is 0.337 e. The molecular formula is C11H14BrN5OS. The molecule has 0 radical (unpaired) electrons. The van der Waals surface area contributed by atoms with Gasteiger partial charge in [-0.25, -0.2) is 9.31 Å². The monoisotopic (exact) mass is 343 g/mol. The van der Waals surface area contributed by atoms with Crippen LogP contribution in [0.1, 0.15) is 6.92 Å². The number of fused-ring (bicyclic) bond motifs is 1. The zero-order chi connectivity index (χ0) is 13.8. The van der Waals surface area contributed by atoms with E-state index >= 15 is 0 Å². The summed E-state index contributed by atoms with van der Waals surface area (Å²) in [5.41, 5.74) is 0.677. The summed E-state index contributed by atoms with van der Waals surface area (Å²) in [6.45, 7) is 2.65. The number of anilines is 1. The van der Waals surface area contributed by atoms with Gasteiger partial charge in [0.2, 0.25) is 0 Å². The van der Waals surface area contributed by atoms with Crippen molar-refractivity contribution in [2.24, 2.45) is 0 Å². The minimum absolute atomic E-state index is 0.285. The Kier molecular flexibility index (Phi) is 4.65. The van der Waals surface area contributed by atoms with E-state index in [2.05, 4.69) is 36.6 Å². The molecule has 1 atom stereocenters. The lowest BCUT2D eigenvalue weighted by Gasteiger charge is -2.09. The summed E-state index contributed by atoms with van der Waals surface area (Å²) < 4.78 is 2.50. The molecule has 0 fully saturated rings. The van der Waals surface area contributed by atoms with Crippen LogP contribution in [0.2, 0.25) is 0 Å². The maximum absolute atomic E-state index is 11.6. The highest BCUT2D eigenvalue weighted by molar-refractivity contribution is 9.10. The second-order valence-electron chi connectivity index (χ2n) is 3.97. The smallest absolute Gasteiger partial charge is 0.321 e. The van der Waals surface area contributed by atoms with Crippen LogP contribution in [0.3, 0.4) is 0 Å². The van der Waals surface area contributed by atoms with Crippen LogP contribution in [-0.4, -0.2) is 38.7 Å². The average molecular weight is 344 g/mol. The Morgan fingerprint density at radius 3 is 3.11 bits per heavy atom. The number of amides is 2. The summed E-state index contributed by atoms with van der Waals surface area (Å²) in [7, 11) is 0. The highest BCUT2D eigenvalue weighted by Gasteiger charge is 2.08. The van der Waals surface area contributed by atoms with Crippen LogP contribution in [0.25, 0.3) is 5.65 Å². The Bertz CT molecular complexity index is 587. The summed E-state index contributed by atoms with van der Waals surface area (Å²) in [6, 6.07) is 3.39. The predicted octanol–water partition coefficient (Wildman–Crippen LogP) is 2.36. The van der Waals surface area contributed by atoms with Gasteiger partial charge in [-0.05, 0) is 34.3 Å². The first-order valence-electron chi connectivity index (χ1n) is 5.68. The lowest BCUT2D eigenvalue weighted by Crippen LogP contribution is -2.33. The number of aromatic nitrogens is 3. The number of carbonyl (C=O) groups excluding carboxylic acids is 1. The van der Waals surface area contributed by atoms with Crippen molar-refractivity contribution in [3.8, 4) is 0 Å². The minimum atomic E-state index is -0.295. The number of hydrogen-bond donors (Lipinski definition) is 2. The van der Waals surface area contributed by atoms with Gasteiger partial charge in [0, 0.05) is 22.5 Å². The van der Waals surface area contributed by atoms with Crippen LogP contribution in [0.5, 0.6) is 0 Å². The number of urea groups is 1. The van der Waals surface area contributed by atoms with Crippen molar-refractivity contribution in [2.45, 2.75) is 12.2 Å². The SMILES string of the molecule is CS[C@@H](C)CNC(=O)Nc1nc2ccc(Br)cn2n1. The van der Waals surface area contributed by atoms with E-state index in [-0.39, 0.29) is 12.0 Å². The highest BCUT2D eigenvalue weighted by Crippen LogP contribution is 2.12. The number of halogens is 1. The van der Waals surface area contributed by atoms with Crippen LogP contribution in [0.4, 0.5) is 10.7 Å². The van der Waals surface area contributed by atoms with Crippen LogP contribution in [0, 0.1) is 0 Å².